The van der Waals surface area contributed by atoms with Crippen LogP contribution in [0.5, 0.6) is 5.75 Å². The van der Waals surface area contributed by atoms with Gasteiger partial charge in [-0.1, -0.05) is 19.9 Å². The average molecular weight is 448 g/mol. The Morgan fingerprint density at radius 1 is 1.09 bits per heavy atom. The van der Waals surface area contributed by atoms with Gasteiger partial charge in [0.05, 0.1) is 11.1 Å². The lowest BCUT2D eigenvalue weighted by atomic mass is 9.57. The van der Waals surface area contributed by atoms with Gasteiger partial charge in [0.2, 0.25) is 17.7 Å². The first-order valence-electron chi connectivity index (χ1n) is 12.0. The van der Waals surface area contributed by atoms with E-state index < -0.39 is 27.5 Å². The first-order valence-corrected chi connectivity index (χ1v) is 12.0. The minimum absolute atomic E-state index is 0.00462. The van der Waals surface area contributed by atoms with Crippen LogP contribution in [0.3, 0.4) is 0 Å². The van der Waals surface area contributed by atoms with E-state index >= 15 is 0 Å². The number of hydrogen-bond donors (Lipinski definition) is 2. The van der Waals surface area contributed by atoms with Gasteiger partial charge in [-0.3, -0.25) is 14.4 Å². The molecule has 1 aromatic rings. The predicted octanol–water partition coefficient (Wildman–Crippen LogP) is 2.74. The first-order chi connectivity index (χ1) is 15.5. The van der Waals surface area contributed by atoms with Crippen LogP contribution in [0.15, 0.2) is 18.2 Å². The molecule has 8 rings (SSSR count). The molecule has 1 saturated carbocycles. The zero-order valence-electron chi connectivity index (χ0n) is 19.5. The second-order valence-corrected chi connectivity index (χ2v) is 12.0. The van der Waals surface area contributed by atoms with Crippen molar-refractivity contribution in [3.8, 4) is 5.75 Å². The molecule has 33 heavy (non-hydrogen) atoms. The maximum Gasteiger partial charge on any atom is 0.249 e. The van der Waals surface area contributed by atoms with Crippen LogP contribution in [-0.4, -0.2) is 45.8 Å². The minimum Gasteiger partial charge on any atom is -0.483 e. The topological polar surface area (TPSA) is 87.7 Å². The molecule has 6 aliphatic heterocycles. The van der Waals surface area contributed by atoms with Crippen LogP contribution in [0, 0.1) is 11.3 Å². The number of amides is 3. The normalized spacial score (nSPS) is 40.2. The third-order valence-electron chi connectivity index (χ3n) is 9.84. The van der Waals surface area contributed by atoms with Crippen molar-refractivity contribution in [2.75, 3.05) is 11.9 Å². The van der Waals surface area contributed by atoms with Crippen LogP contribution in [-0.2, 0) is 19.8 Å². The largest absolute Gasteiger partial charge is 0.483 e. The van der Waals surface area contributed by atoms with Crippen molar-refractivity contribution in [1.29, 1.82) is 0 Å². The van der Waals surface area contributed by atoms with Crippen molar-refractivity contribution in [2.24, 2.45) is 11.3 Å². The lowest BCUT2D eigenvalue weighted by Gasteiger charge is -2.59. The zero-order valence-corrected chi connectivity index (χ0v) is 19.5. The number of ether oxygens (including phenoxy) is 1. The number of fused-ring (bicyclic) bond motifs is 5. The van der Waals surface area contributed by atoms with Gasteiger partial charge in [0, 0.05) is 18.0 Å². The van der Waals surface area contributed by atoms with E-state index in [9.17, 15) is 14.4 Å². The molecule has 1 aromatic carbocycles. The van der Waals surface area contributed by atoms with E-state index in [1.165, 1.54) is 0 Å². The number of nitrogens with one attached hydrogen (secondary N) is 2. The summed E-state index contributed by atoms with van der Waals surface area (Å²) in [6.45, 7) is 8.86. The highest BCUT2D eigenvalue weighted by atomic mass is 16.5. The average Bonchev–Trinajstić information content (AvgIpc) is 3.35. The van der Waals surface area contributed by atoms with Gasteiger partial charge in [0.15, 0.2) is 0 Å². The summed E-state index contributed by atoms with van der Waals surface area (Å²) in [5.41, 5.74) is -1.06. The first kappa shape index (κ1) is 19.6. The fourth-order valence-electron chi connectivity index (χ4n) is 8.24. The molecular weight excluding hydrogens is 418 g/mol. The van der Waals surface area contributed by atoms with Crippen molar-refractivity contribution < 1.29 is 19.1 Å². The van der Waals surface area contributed by atoms with Crippen molar-refractivity contribution in [3.05, 3.63) is 29.3 Å². The van der Waals surface area contributed by atoms with E-state index in [4.69, 9.17) is 4.74 Å². The summed E-state index contributed by atoms with van der Waals surface area (Å²) in [4.78, 5) is 43.0. The highest BCUT2D eigenvalue weighted by Crippen LogP contribution is 2.70. The molecule has 2 bridgehead atoms. The van der Waals surface area contributed by atoms with E-state index in [-0.39, 0.29) is 23.6 Å². The van der Waals surface area contributed by atoms with Crippen molar-refractivity contribution in [3.63, 3.8) is 0 Å². The second kappa shape index (κ2) is 5.29. The van der Waals surface area contributed by atoms with Crippen LogP contribution >= 0.6 is 0 Å². The third kappa shape index (κ3) is 1.87. The molecule has 7 nitrogen and oxygen atoms in total. The van der Waals surface area contributed by atoms with Crippen LogP contribution in [0.4, 0.5) is 5.69 Å². The van der Waals surface area contributed by atoms with Crippen molar-refractivity contribution >= 4 is 29.5 Å². The van der Waals surface area contributed by atoms with E-state index in [1.807, 2.05) is 43.0 Å². The number of rotatable bonds is 0. The van der Waals surface area contributed by atoms with Gasteiger partial charge in [0.1, 0.15) is 22.4 Å². The summed E-state index contributed by atoms with van der Waals surface area (Å²) in [5.74, 6) is 0.523. The number of benzene rings is 1. The van der Waals surface area contributed by atoms with Crippen molar-refractivity contribution in [1.82, 2.24) is 10.2 Å². The summed E-state index contributed by atoms with van der Waals surface area (Å²) in [5, 5.41) is 6.36. The lowest BCUT2D eigenvalue weighted by molar-refractivity contribution is -0.175. The fraction of sp³-hybridized carbons (Fsp3) is 0.577. The number of carbonyl (C=O) groups excluding carboxylic acids is 3. The molecule has 172 valence electrons. The highest BCUT2D eigenvalue weighted by Gasteiger charge is 2.80. The Balaban J connectivity index is 1.43. The molecule has 2 N–H and O–H groups in total. The van der Waals surface area contributed by atoms with Crippen LogP contribution in [0.25, 0.3) is 6.08 Å². The molecule has 4 saturated heterocycles. The lowest BCUT2D eigenvalue weighted by Crippen LogP contribution is -2.81. The van der Waals surface area contributed by atoms with E-state index in [0.29, 0.717) is 25.8 Å². The molecule has 4 atom stereocenters. The summed E-state index contributed by atoms with van der Waals surface area (Å²) in [7, 11) is 0. The third-order valence-corrected chi connectivity index (χ3v) is 9.84. The number of piperazine rings is 1. The Bertz CT molecular complexity index is 1230. The molecule has 0 radical (unpaired) electrons. The number of anilines is 1. The Morgan fingerprint density at radius 2 is 1.88 bits per heavy atom. The standard InChI is InChI=1S/C26H29N3O4/c1-22(2)10-8-14-16(33-22)7-6-15-18(14)27-20(31)25(15)13-26-17(23(25,3)4)12-24(19(30)28-26)9-5-11-29(24)21(26)32/h6-8,10,17H,5,9,11-13H2,1-4H3,(H,27,31)(H,28,30)/t17-,24-,25+,26+/m0/s1. The zero-order chi connectivity index (χ0) is 23.2. The van der Waals surface area contributed by atoms with Gasteiger partial charge in [-0.2, -0.15) is 0 Å². The van der Waals surface area contributed by atoms with E-state index in [1.54, 1.807) is 0 Å². The Morgan fingerprint density at radius 3 is 2.67 bits per heavy atom. The van der Waals surface area contributed by atoms with Crippen LogP contribution in [0.2, 0.25) is 0 Å². The van der Waals surface area contributed by atoms with Crippen LogP contribution < -0.4 is 15.4 Å². The Hall–Kier alpha value is -2.83. The monoisotopic (exact) mass is 447 g/mol. The summed E-state index contributed by atoms with van der Waals surface area (Å²) in [6, 6.07) is 3.95. The minimum atomic E-state index is -1.03. The molecule has 0 unspecified atom stereocenters. The van der Waals surface area contributed by atoms with Gasteiger partial charge in [-0.15, -0.1) is 0 Å². The molecular formula is C26H29N3O4. The van der Waals surface area contributed by atoms with Gasteiger partial charge in [-0.25, -0.2) is 0 Å². The second-order valence-electron chi connectivity index (χ2n) is 12.0. The molecule has 3 spiro atoms. The molecule has 3 amide bonds. The van der Waals surface area contributed by atoms with Crippen LogP contribution in [0.1, 0.15) is 64.5 Å². The highest BCUT2D eigenvalue weighted by molar-refractivity contribution is 6.12. The molecule has 6 heterocycles. The number of hydrogen-bond acceptors (Lipinski definition) is 4. The Labute approximate surface area is 192 Å². The molecule has 5 fully saturated rings. The van der Waals surface area contributed by atoms with Gasteiger partial charge in [-0.05, 0) is 68.7 Å². The molecule has 7 heteroatoms. The SMILES string of the molecule is CC1(C)C=Cc2c(ccc3c2NC(=O)[C@@]32C[C@]34NC(=O)[C@]5(CCCN5C3=O)C[C@H]4C2(C)C)O1. The van der Waals surface area contributed by atoms with E-state index in [2.05, 4.69) is 24.5 Å². The smallest absolute Gasteiger partial charge is 0.249 e. The fourth-order valence-corrected chi connectivity index (χ4v) is 8.24. The molecule has 7 aliphatic rings. The van der Waals surface area contributed by atoms with Crippen molar-refractivity contribution in [2.45, 2.75) is 75.5 Å². The summed E-state index contributed by atoms with van der Waals surface area (Å²) in [6.07, 6.45) is 6.51. The number of carbonyl (C=O) groups is 3. The molecule has 0 aromatic heterocycles. The number of piperidine rings is 2. The predicted molar refractivity (Wildman–Crippen MR) is 122 cm³/mol. The summed E-state index contributed by atoms with van der Waals surface area (Å²) < 4.78 is 6.15. The van der Waals surface area contributed by atoms with E-state index in [0.717, 1.165) is 29.0 Å². The van der Waals surface area contributed by atoms with Gasteiger partial charge < -0.3 is 20.3 Å². The number of nitrogens with zero attached hydrogens (tertiary/aromatic N) is 1. The Kier molecular flexibility index (Phi) is 3.14. The maximum atomic E-state index is 13.9. The molecule has 1 aliphatic carbocycles. The van der Waals surface area contributed by atoms with Gasteiger partial charge in [0.25, 0.3) is 0 Å². The van der Waals surface area contributed by atoms with Gasteiger partial charge >= 0.3 is 0 Å². The maximum absolute atomic E-state index is 13.9. The summed E-state index contributed by atoms with van der Waals surface area (Å²) >= 11 is 0. The quantitative estimate of drug-likeness (QED) is 0.640.